The Morgan fingerprint density at radius 3 is 2.59 bits per heavy atom. The van der Waals surface area contributed by atoms with E-state index in [2.05, 4.69) is 21.3 Å². The minimum Gasteiger partial charge on any atom is -0.356 e. The molecule has 10 heteroatoms. The molecule has 0 saturated carbocycles. The van der Waals surface area contributed by atoms with E-state index in [9.17, 15) is 24.0 Å². The number of hydrogen-bond donors (Lipinski definition) is 4. The van der Waals surface area contributed by atoms with Crippen LogP contribution in [0.15, 0.2) is 30.3 Å². The van der Waals surface area contributed by atoms with Crippen LogP contribution in [0.5, 0.6) is 0 Å². The zero-order valence-corrected chi connectivity index (χ0v) is 20.3. The van der Waals surface area contributed by atoms with E-state index in [1.807, 2.05) is 24.3 Å². The number of thiophene rings is 1. The quantitative estimate of drug-likeness (QED) is 0.420. The predicted molar refractivity (Wildman–Crippen MR) is 129 cm³/mol. The summed E-state index contributed by atoms with van der Waals surface area (Å²) >= 11 is 1.31. The number of rotatable bonds is 8. The summed E-state index contributed by atoms with van der Waals surface area (Å²) < 4.78 is 0.957. The highest BCUT2D eigenvalue weighted by Gasteiger charge is 2.34. The first-order chi connectivity index (χ1) is 16.0. The highest BCUT2D eigenvalue weighted by atomic mass is 32.1. The molecule has 0 radical (unpaired) electrons. The number of hydrogen-bond acceptors (Lipinski definition) is 6. The molecular weight excluding hydrogens is 456 g/mol. The molecule has 1 aliphatic heterocycles. The van der Waals surface area contributed by atoms with Crippen molar-refractivity contribution < 1.29 is 24.0 Å². The number of ketones is 1. The van der Waals surface area contributed by atoms with Gasteiger partial charge < -0.3 is 21.3 Å². The van der Waals surface area contributed by atoms with E-state index in [1.54, 1.807) is 26.8 Å². The molecule has 2 heterocycles. The average molecular weight is 487 g/mol. The predicted octanol–water partition coefficient (Wildman–Crippen LogP) is 1.52. The monoisotopic (exact) mass is 486 g/mol. The second-order valence-electron chi connectivity index (χ2n) is 9.39. The van der Waals surface area contributed by atoms with Crippen LogP contribution >= 0.6 is 11.3 Å². The first-order valence-corrected chi connectivity index (χ1v) is 12.1. The Morgan fingerprint density at radius 2 is 1.91 bits per heavy atom. The van der Waals surface area contributed by atoms with Crippen LogP contribution < -0.4 is 21.3 Å². The molecule has 1 aliphatic rings. The summed E-state index contributed by atoms with van der Waals surface area (Å²) in [5.74, 6) is -3.36. The van der Waals surface area contributed by atoms with Crippen molar-refractivity contribution in [3.05, 3.63) is 35.2 Å². The van der Waals surface area contributed by atoms with Crippen LogP contribution in [-0.4, -0.2) is 54.1 Å². The third-order valence-corrected chi connectivity index (χ3v) is 6.46. The fourth-order valence-corrected chi connectivity index (χ4v) is 4.70. The first-order valence-electron chi connectivity index (χ1n) is 11.2. The molecule has 1 saturated heterocycles. The summed E-state index contributed by atoms with van der Waals surface area (Å²) in [5, 5.41) is 11.4. The molecule has 3 rings (SSSR count). The van der Waals surface area contributed by atoms with Crippen molar-refractivity contribution in [2.45, 2.75) is 51.6 Å². The van der Waals surface area contributed by atoms with E-state index in [0.717, 1.165) is 16.5 Å². The largest absolute Gasteiger partial charge is 0.356 e. The van der Waals surface area contributed by atoms with Crippen LogP contribution in [0.2, 0.25) is 0 Å². The standard InChI is InChI=1S/C24H30N4O5S/c1-24(2,3)28-23(33)20(30)16(11-15-8-6-10-25-21(15)31)27-19(29)13-26-22(32)18-12-14-7-4-5-9-17(14)34-18/h4-5,7,9,12,15-16H,6,8,10-11,13H2,1-3H3,(H,25,31)(H,26,32)(H,27,29)(H,28,33)/t15-,16-/m0/s1. The lowest BCUT2D eigenvalue weighted by molar-refractivity contribution is -0.141. The lowest BCUT2D eigenvalue weighted by Gasteiger charge is -2.27. The van der Waals surface area contributed by atoms with Gasteiger partial charge in [0, 0.05) is 22.7 Å². The SMILES string of the molecule is CC(C)(C)NC(=O)C(=O)[C@H](C[C@@H]1CCCNC1=O)NC(=O)CNC(=O)c1cc2ccccc2s1. The van der Waals surface area contributed by atoms with Crippen LogP contribution in [-0.2, 0) is 19.2 Å². The zero-order valence-electron chi connectivity index (χ0n) is 19.5. The molecular formula is C24H30N4O5S. The Morgan fingerprint density at radius 1 is 1.18 bits per heavy atom. The number of benzene rings is 1. The molecule has 1 aromatic carbocycles. The summed E-state index contributed by atoms with van der Waals surface area (Å²) in [5.41, 5.74) is -0.637. The molecule has 34 heavy (non-hydrogen) atoms. The van der Waals surface area contributed by atoms with Gasteiger partial charge in [0.05, 0.1) is 17.5 Å². The van der Waals surface area contributed by atoms with Gasteiger partial charge in [0.15, 0.2) is 0 Å². The normalized spacial score (nSPS) is 16.9. The molecule has 9 nitrogen and oxygen atoms in total. The van der Waals surface area contributed by atoms with Gasteiger partial charge in [0.25, 0.3) is 11.8 Å². The van der Waals surface area contributed by atoms with Gasteiger partial charge in [-0.15, -0.1) is 11.3 Å². The molecule has 0 unspecified atom stereocenters. The van der Waals surface area contributed by atoms with Gasteiger partial charge in [-0.3, -0.25) is 24.0 Å². The van der Waals surface area contributed by atoms with Crippen molar-refractivity contribution in [2.75, 3.05) is 13.1 Å². The third-order valence-electron chi connectivity index (χ3n) is 5.34. The number of carbonyl (C=O) groups excluding carboxylic acids is 5. The molecule has 0 bridgehead atoms. The Labute approximate surface area is 202 Å². The number of piperidine rings is 1. The van der Waals surface area contributed by atoms with E-state index in [4.69, 9.17) is 0 Å². The lowest BCUT2D eigenvalue weighted by Crippen LogP contribution is -2.54. The van der Waals surface area contributed by atoms with E-state index >= 15 is 0 Å². The fourth-order valence-electron chi connectivity index (χ4n) is 3.72. The molecule has 2 aromatic rings. The maximum Gasteiger partial charge on any atom is 0.290 e. The van der Waals surface area contributed by atoms with E-state index in [1.165, 1.54) is 11.3 Å². The van der Waals surface area contributed by atoms with Gasteiger partial charge >= 0.3 is 0 Å². The second-order valence-corrected chi connectivity index (χ2v) is 10.5. The van der Waals surface area contributed by atoms with Crippen molar-refractivity contribution in [3.8, 4) is 0 Å². The number of Topliss-reactive ketones (excluding diaryl/α,β-unsaturated/α-hetero) is 1. The van der Waals surface area contributed by atoms with Crippen molar-refractivity contribution in [1.29, 1.82) is 0 Å². The Hall–Kier alpha value is -3.27. The molecule has 1 aromatic heterocycles. The molecule has 4 N–H and O–H groups in total. The maximum absolute atomic E-state index is 12.9. The van der Waals surface area contributed by atoms with Crippen LogP contribution in [0.4, 0.5) is 0 Å². The molecule has 2 atom stereocenters. The summed E-state index contributed by atoms with van der Waals surface area (Å²) in [4.78, 5) is 63.1. The van der Waals surface area contributed by atoms with E-state index in [0.29, 0.717) is 17.8 Å². The summed E-state index contributed by atoms with van der Waals surface area (Å²) in [6.45, 7) is 5.42. The molecule has 0 aliphatic carbocycles. The number of fused-ring (bicyclic) bond motifs is 1. The average Bonchev–Trinajstić information content (AvgIpc) is 3.21. The van der Waals surface area contributed by atoms with Crippen molar-refractivity contribution >= 4 is 50.8 Å². The van der Waals surface area contributed by atoms with Gasteiger partial charge in [-0.1, -0.05) is 18.2 Å². The van der Waals surface area contributed by atoms with Gasteiger partial charge in [-0.2, -0.15) is 0 Å². The molecule has 0 spiro atoms. The lowest BCUT2D eigenvalue weighted by atomic mass is 9.89. The Balaban J connectivity index is 1.64. The minimum atomic E-state index is -1.18. The van der Waals surface area contributed by atoms with Crippen molar-refractivity contribution in [2.24, 2.45) is 5.92 Å². The van der Waals surface area contributed by atoms with Gasteiger partial charge in [0.1, 0.15) is 0 Å². The maximum atomic E-state index is 12.9. The van der Waals surface area contributed by atoms with E-state index < -0.39 is 41.0 Å². The van der Waals surface area contributed by atoms with Crippen molar-refractivity contribution in [3.63, 3.8) is 0 Å². The summed E-state index contributed by atoms with van der Waals surface area (Å²) in [6.07, 6.45) is 1.33. The summed E-state index contributed by atoms with van der Waals surface area (Å²) in [7, 11) is 0. The second kappa shape index (κ2) is 10.8. The smallest absolute Gasteiger partial charge is 0.290 e. The van der Waals surface area contributed by atoms with Crippen LogP contribution in [0.1, 0.15) is 49.7 Å². The highest BCUT2D eigenvalue weighted by molar-refractivity contribution is 7.20. The fraction of sp³-hybridized carbons (Fsp3) is 0.458. The molecule has 4 amide bonds. The van der Waals surface area contributed by atoms with E-state index in [-0.39, 0.29) is 18.9 Å². The van der Waals surface area contributed by atoms with Gasteiger partial charge in [-0.25, -0.2) is 0 Å². The van der Waals surface area contributed by atoms with Crippen LogP contribution in [0.25, 0.3) is 10.1 Å². The third kappa shape index (κ3) is 6.86. The minimum absolute atomic E-state index is 0.0121. The van der Waals surface area contributed by atoms with Gasteiger partial charge in [-0.05, 0) is 57.6 Å². The topological polar surface area (TPSA) is 133 Å². The first kappa shape index (κ1) is 25.4. The van der Waals surface area contributed by atoms with Crippen molar-refractivity contribution in [1.82, 2.24) is 21.3 Å². The number of amides is 4. The number of nitrogens with one attached hydrogen (secondary N) is 4. The highest BCUT2D eigenvalue weighted by Crippen LogP contribution is 2.25. The molecule has 1 fully saturated rings. The zero-order chi connectivity index (χ0) is 24.9. The van der Waals surface area contributed by atoms with Crippen LogP contribution in [0, 0.1) is 5.92 Å². The van der Waals surface area contributed by atoms with Gasteiger partial charge in [0.2, 0.25) is 17.6 Å². The number of carbonyl (C=O) groups is 5. The Bertz CT molecular complexity index is 1070. The van der Waals surface area contributed by atoms with Crippen LogP contribution in [0.3, 0.4) is 0 Å². The Kier molecular flexibility index (Phi) is 8.03. The summed E-state index contributed by atoms with van der Waals surface area (Å²) in [6, 6.07) is 8.14. The molecule has 182 valence electrons.